The van der Waals surface area contributed by atoms with E-state index in [4.69, 9.17) is 21.1 Å². The number of halogens is 1. The minimum Gasteiger partial charge on any atom is -0.495 e. The number of rotatable bonds is 7. The average molecular weight is 424 g/mol. The van der Waals surface area contributed by atoms with Crippen molar-refractivity contribution < 1.29 is 14.3 Å². The van der Waals surface area contributed by atoms with E-state index in [-0.39, 0.29) is 11.3 Å². The van der Waals surface area contributed by atoms with Gasteiger partial charge in [0.05, 0.1) is 12.1 Å². The van der Waals surface area contributed by atoms with Gasteiger partial charge in [-0.25, -0.2) is 0 Å². The lowest BCUT2D eigenvalue weighted by molar-refractivity contribution is -0.122. The second kappa shape index (κ2) is 9.23. The van der Waals surface area contributed by atoms with E-state index in [1.807, 2.05) is 42.5 Å². The van der Waals surface area contributed by atoms with Gasteiger partial charge in [-0.15, -0.1) is 0 Å². The second-order valence-electron chi connectivity index (χ2n) is 7.61. The van der Waals surface area contributed by atoms with Crippen molar-refractivity contribution >= 4 is 23.2 Å². The van der Waals surface area contributed by atoms with Crippen LogP contribution in [0.15, 0.2) is 72.8 Å². The summed E-state index contributed by atoms with van der Waals surface area (Å²) in [4.78, 5) is 12.5. The number of carbonyl (C=O) groups is 1. The van der Waals surface area contributed by atoms with Gasteiger partial charge in [-0.1, -0.05) is 67.9 Å². The van der Waals surface area contributed by atoms with Crippen molar-refractivity contribution in [3.8, 4) is 11.5 Å². The molecule has 1 atom stereocenters. The zero-order valence-electron chi connectivity index (χ0n) is 17.6. The molecular weight excluding hydrogens is 398 g/mol. The summed E-state index contributed by atoms with van der Waals surface area (Å²) in [7, 11) is 1.54. The quantitative estimate of drug-likeness (QED) is 0.500. The van der Waals surface area contributed by atoms with Crippen LogP contribution in [0.4, 0.5) is 5.69 Å². The minimum atomic E-state index is -0.668. The highest BCUT2D eigenvalue weighted by molar-refractivity contribution is 6.32. The summed E-state index contributed by atoms with van der Waals surface area (Å²) >= 11 is 6.11. The lowest BCUT2D eigenvalue weighted by atomic mass is 9.78. The van der Waals surface area contributed by atoms with Crippen LogP contribution >= 0.6 is 11.6 Å². The van der Waals surface area contributed by atoms with Gasteiger partial charge in [0.2, 0.25) is 0 Å². The molecule has 1 N–H and O–H groups in total. The number of ether oxygens (including phenoxy) is 2. The second-order valence-corrected chi connectivity index (χ2v) is 8.02. The Kier molecular flexibility index (Phi) is 6.68. The predicted molar refractivity (Wildman–Crippen MR) is 122 cm³/mol. The molecule has 0 aromatic heterocycles. The van der Waals surface area contributed by atoms with Crippen LogP contribution < -0.4 is 14.8 Å². The van der Waals surface area contributed by atoms with E-state index in [1.165, 1.54) is 11.1 Å². The number of amides is 1. The molecule has 1 amide bonds. The Morgan fingerprint density at radius 2 is 1.60 bits per heavy atom. The van der Waals surface area contributed by atoms with Gasteiger partial charge in [0.25, 0.3) is 5.91 Å². The fourth-order valence-corrected chi connectivity index (χ4v) is 3.48. The molecule has 0 saturated heterocycles. The zero-order valence-corrected chi connectivity index (χ0v) is 18.4. The maximum atomic E-state index is 12.5. The first-order valence-corrected chi connectivity index (χ1v) is 10.2. The molecule has 0 fully saturated rings. The highest BCUT2D eigenvalue weighted by Gasteiger charge is 2.23. The van der Waals surface area contributed by atoms with Gasteiger partial charge in [-0.2, -0.15) is 0 Å². The fourth-order valence-electron chi connectivity index (χ4n) is 3.22. The largest absolute Gasteiger partial charge is 0.495 e. The van der Waals surface area contributed by atoms with Gasteiger partial charge in [0, 0.05) is 11.1 Å². The SMILES string of the molecule is COc1ccc(NC(=O)C(C)Oc2ccc(C(C)(C)c3ccccc3)cc2)cc1Cl. The summed E-state index contributed by atoms with van der Waals surface area (Å²) in [5, 5.41) is 3.24. The molecule has 0 aliphatic rings. The van der Waals surface area contributed by atoms with Crippen molar-refractivity contribution in [3.63, 3.8) is 0 Å². The van der Waals surface area contributed by atoms with Crippen molar-refractivity contribution in [3.05, 3.63) is 88.9 Å². The van der Waals surface area contributed by atoms with Gasteiger partial charge >= 0.3 is 0 Å². The van der Waals surface area contributed by atoms with Gasteiger partial charge in [-0.05, 0) is 48.4 Å². The topological polar surface area (TPSA) is 47.6 Å². The Labute approximate surface area is 182 Å². The van der Waals surface area contributed by atoms with Crippen LogP contribution in [0.5, 0.6) is 11.5 Å². The van der Waals surface area contributed by atoms with Crippen LogP contribution in [0.25, 0.3) is 0 Å². The van der Waals surface area contributed by atoms with Crippen molar-refractivity contribution in [2.75, 3.05) is 12.4 Å². The number of hydrogen-bond donors (Lipinski definition) is 1. The number of nitrogens with one attached hydrogen (secondary N) is 1. The summed E-state index contributed by atoms with van der Waals surface area (Å²) in [5.41, 5.74) is 2.87. The molecule has 4 nitrogen and oxygen atoms in total. The lowest BCUT2D eigenvalue weighted by Gasteiger charge is -2.26. The van der Waals surface area contributed by atoms with Crippen molar-refractivity contribution in [2.45, 2.75) is 32.3 Å². The molecule has 0 saturated carbocycles. The fraction of sp³-hybridized carbons (Fsp3) is 0.240. The van der Waals surface area contributed by atoms with Crippen molar-refractivity contribution in [1.29, 1.82) is 0 Å². The van der Waals surface area contributed by atoms with Crippen LogP contribution in [0.1, 0.15) is 31.9 Å². The molecule has 3 rings (SSSR count). The summed E-state index contributed by atoms with van der Waals surface area (Å²) in [5.74, 6) is 0.931. The number of benzene rings is 3. The smallest absolute Gasteiger partial charge is 0.265 e. The van der Waals surface area contributed by atoms with Gasteiger partial charge in [0.15, 0.2) is 6.10 Å². The van der Waals surface area contributed by atoms with E-state index in [0.717, 1.165) is 0 Å². The minimum absolute atomic E-state index is 0.129. The predicted octanol–water partition coefficient (Wildman–Crippen LogP) is 6.08. The first-order valence-electron chi connectivity index (χ1n) is 9.78. The summed E-state index contributed by atoms with van der Waals surface area (Å²) in [6.45, 7) is 6.09. The Morgan fingerprint density at radius 3 is 2.20 bits per heavy atom. The Hall–Kier alpha value is -2.98. The van der Waals surface area contributed by atoms with E-state index in [1.54, 1.807) is 32.2 Å². The van der Waals surface area contributed by atoms with Crippen molar-refractivity contribution in [2.24, 2.45) is 0 Å². The molecule has 3 aromatic carbocycles. The average Bonchev–Trinajstić information content (AvgIpc) is 2.75. The highest BCUT2D eigenvalue weighted by Crippen LogP contribution is 2.32. The van der Waals surface area contributed by atoms with E-state index in [9.17, 15) is 4.79 Å². The standard InChI is InChI=1S/C25H26ClNO3/c1-17(24(28)27-20-12-15-23(29-4)22(26)16-20)30-21-13-10-19(11-14-21)25(2,3)18-8-6-5-7-9-18/h5-17H,1-4H3,(H,27,28). The molecule has 3 aromatic rings. The number of anilines is 1. The molecule has 0 aliphatic heterocycles. The molecule has 1 unspecified atom stereocenters. The van der Waals surface area contributed by atoms with Gasteiger partial charge < -0.3 is 14.8 Å². The first kappa shape index (κ1) is 21.7. The Balaban J connectivity index is 1.64. The molecule has 0 aliphatic carbocycles. The van der Waals surface area contributed by atoms with E-state index in [0.29, 0.717) is 22.2 Å². The molecule has 0 heterocycles. The van der Waals surface area contributed by atoms with Crippen LogP contribution in [-0.4, -0.2) is 19.1 Å². The molecule has 0 radical (unpaired) electrons. The summed E-state index contributed by atoms with van der Waals surface area (Å²) in [6, 6.07) is 23.3. The van der Waals surface area contributed by atoms with Crippen LogP contribution in [-0.2, 0) is 10.2 Å². The van der Waals surface area contributed by atoms with E-state index < -0.39 is 6.10 Å². The Morgan fingerprint density at radius 1 is 0.967 bits per heavy atom. The van der Waals surface area contributed by atoms with E-state index in [2.05, 4.69) is 31.3 Å². The number of hydrogen-bond acceptors (Lipinski definition) is 3. The normalized spacial score (nSPS) is 12.2. The van der Waals surface area contributed by atoms with Crippen LogP contribution in [0, 0.1) is 0 Å². The Bertz CT molecular complexity index is 1000. The number of methoxy groups -OCH3 is 1. The van der Waals surface area contributed by atoms with Gasteiger partial charge in [-0.3, -0.25) is 4.79 Å². The molecule has 0 bridgehead atoms. The van der Waals surface area contributed by atoms with Gasteiger partial charge in [0.1, 0.15) is 11.5 Å². The van der Waals surface area contributed by atoms with Crippen molar-refractivity contribution in [1.82, 2.24) is 0 Å². The van der Waals surface area contributed by atoms with Crippen LogP contribution in [0.3, 0.4) is 0 Å². The monoisotopic (exact) mass is 423 g/mol. The van der Waals surface area contributed by atoms with Crippen LogP contribution in [0.2, 0.25) is 5.02 Å². The zero-order chi connectivity index (χ0) is 21.7. The highest BCUT2D eigenvalue weighted by atomic mass is 35.5. The summed E-state index contributed by atoms with van der Waals surface area (Å²) < 4.78 is 11.0. The third kappa shape index (κ3) is 4.95. The third-order valence-electron chi connectivity index (χ3n) is 5.17. The first-order chi connectivity index (χ1) is 14.3. The maximum Gasteiger partial charge on any atom is 0.265 e. The molecule has 0 spiro atoms. The number of carbonyl (C=O) groups excluding carboxylic acids is 1. The molecule has 5 heteroatoms. The molecule has 156 valence electrons. The molecular formula is C25H26ClNO3. The summed E-state index contributed by atoms with van der Waals surface area (Å²) in [6.07, 6.45) is -0.668. The third-order valence-corrected chi connectivity index (χ3v) is 5.47. The lowest BCUT2D eigenvalue weighted by Crippen LogP contribution is -2.30. The van der Waals surface area contributed by atoms with E-state index >= 15 is 0 Å². The maximum absolute atomic E-state index is 12.5. The molecule has 30 heavy (non-hydrogen) atoms.